The minimum Gasteiger partial charge on any atom is -0.394 e. The Morgan fingerprint density at radius 3 is 1.23 bits per heavy atom. The topological polar surface area (TPSA) is 307 Å². The molecule has 3 aliphatic heterocycles. The summed E-state index contributed by atoms with van der Waals surface area (Å²) >= 11 is 0. The van der Waals surface area contributed by atoms with Crippen LogP contribution in [0.4, 0.5) is 0 Å². The Bertz CT molecular complexity index is 1970. The van der Waals surface area contributed by atoms with Crippen molar-refractivity contribution in [1.82, 2.24) is 5.32 Å². The zero-order valence-corrected chi connectivity index (χ0v) is 53.2. The van der Waals surface area contributed by atoms with Gasteiger partial charge in [0.15, 0.2) is 18.9 Å². The SMILES string of the molecule is CC/C=C\C/C=C\C/C=C\C/C=C\C/C=C\C/C=C\C/C=C\C/C=C\CCCCCCCCCCCCC(=O)NC(COC1OC(CO)C(OC2OC(CO)C(OC3OC(CO)C(O)C(O)C3O)C(O)C2O)C(O)C1O)C(O)CCCCCCCCCC. The molecular weight excluding hydrogens is 1130 g/mol. The lowest BCUT2D eigenvalue weighted by atomic mass is 9.96. The summed E-state index contributed by atoms with van der Waals surface area (Å²) in [4.78, 5) is 13.3. The Labute approximate surface area is 526 Å². The summed E-state index contributed by atoms with van der Waals surface area (Å²) in [5.74, 6) is -0.256. The van der Waals surface area contributed by atoms with Crippen molar-refractivity contribution >= 4 is 5.91 Å². The molecule has 17 atom stereocenters. The van der Waals surface area contributed by atoms with Crippen LogP contribution in [-0.4, -0.2) is 193 Å². The molecule has 3 aliphatic rings. The standard InChI is InChI=1S/C69H117NO18/c1-3-5-7-9-11-13-14-15-16-17-18-19-20-21-22-23-24-25-26-27-28-29-30-31-32-33-34-35-36-37-38-39-41-43-45-47-57(75)70-52(53(74)46-44-42-40-12-10-8-6-4-2)51-83-67-63(81)60(78)65(55(49-72)85-67)88-69-64(82)61(79)66(56(50-73)86-69)87-68-62(80)59(77)58(76)54(48-71)84-68/h5,7,11,13,15-16,18-19,21-22,24-25,27-28,30-31,52-56,58-69,71-74,76-82H,3-4,6,8-10,12,14,17,20,23,26,29,32-51H2,1-2H3,(H,70,75)/b7-5-,13-11-,16-15-,19-18-,22-21-,25-24-,28-27-,31-30-. The van der Waals surface area contributed by atoms with Gasteiger partial charge in [0.2, 0.25) is 5.91 Å². The number of nitrogens with one attached hydrogen (secondary N) is 1. The first kappa shape index (κ1) is 78.9. The Morgan fingerprint density at radius 2 is 0.784 bits per heavy atom. The maximum absolute atomic E-state index is 13.3. The third kappa shape index (κ3) is 32.3. The summed E-state index contributed by atoms with van der Waals surface area (Å²) in [7, 11) is 0. The highest BCUT2D eigenvalue weighted by molar-refractivity contribution is 5.76. The number of amides is 1. The molecule has 0 aliphatic carbocycles. The van der Waals surface area contributed by atoms with E-state index in [4.69, 9.17) is 28.4 Å². The highest BCUT2D eigenvalue weighted by Gasteiger charge is 2.53. The quantitative estimate of drug-likeness (QED) is 0.0202. The number of unbranched alkanes of at least 4 members (excludes halogenated alkanes) is 17. The van der Waals surface area contributed by atoms with Gasteiger partial charge in [0.05, 0.1) is 38.6 Å². The number of hydrogen-bond donors (Lipinski definition) is 12. The van der Waals surface area contributed by atoms with Gasteiger partial charge >= 0.3 is 0 Å². The fourth-order valence-electron chi connectivity index (χ4n) is 10.7. The number of hydrogen-bond acceptors (Lipinski definition) is 18. The molecule has 88 heavy (non-hydrogen) atoms. The van der Waals surface area contributed by atoms with Gasteiger partial charge in [-0.25, -0.2) is 0 Å². The Kier molecular flexibility index (Phi) is 45.1. The van der Waals surface area contributed by atoms with Crippen LogP contribution in [-0.2, 0) is 33.2 Å². The molecule has 0 radical (unpaired) electrons. The summed E-state index contributed by atoms with van der Waals surface area (Å²) in [5, 5.41) is 120. The lowest BCUT2D eigenvalue weighted by Gasteiger charge is -2.48. The summed E-state index contributed by atoms with van der Waals surface area (Å²) < 4.78 is 34.3. The third-order valence-corrected chi connectivity index (χ3v) is 16.2. The van der Waals surface area contributed by atoms with Crippen molar-refractivity contribution in [2.45, 2.75) is 304 Å². The second-order valence-electron chi connectivity index (χ2n) is 23.6. The van der Waals surface area contributed by atoms with Gasteiger partial charge < -0.3 is 89.9 Å². The zero-order chi connectivity index (χ0) is 64.0. The number of ether oxygens (including phenoxy) is 6. The molecule has 0 aromatic rings. The van der Waals surface area contributed by atoms with Crippen LogP contribution in [0.3, 0.4) is 0 Å². The predicted molar refractivity (Wildman–Crippen MR) is 341 cm³/mol. The number of carbonyl (C=O) groups is 1. The summed E-state index contributed by atoms with van der Waals surface area (Å²) in [6.07, 6.45) is 38.2. The van der Waals surface area contributed by atoms with Crippen LogP contribution in [0.1, 0.15) is 200 Å². The summed E-state index contributed by atoms with van der Waals surface area (Å²) in [6, 6.07) is -0.893. The van der Waals surface area contributed by atoms with E-state index in [2.05, 4.69) is 116 Å². The Hall–Kier alpha value is -3.29. The molecular formula is C69H117NO18. The van der Waals surface area contributed by atoms with Crippen molar-refractivity contribution in [3.63, 3.8) is 0 Å². The monoisotopic (exact) mass is 1250 g/mol. The van der Waals surface area contributed by atoms with Crippen LogP contribution in [0.2, 0.25) is 0 Å². The van der Waals surface area contributed by atoms with Crippen LogP contribution < -0.4 is 5.32 Å². The van der Waals surface area contributed by atoms with Gasteiger partial charge in [-0.2, -0.15) is 0 Å². The first-order valence-electron chi connectivity index (χ1n) is 33.5. The molecule has 1 amide bonds. The van der Waals surface area contributed by atoms with Crippen molar-refractivity contribution in [2.75, 3.05) is 26.4 Å². The second kappa shape index (κ2) is 50.3. The van der Waals surface area contributed by atoms with Gasteiger partial charge in [-0.1, -0.05) is 214 Å². The average Bonchev–Trinajstić information content (AvgIpc) is 1.15. The van der Waals surface area contributed by atoms with E-state index >= 15 is 0 Å². The predicted octanol–water partition coefficient (Wildman–Crippen LogP) is 8.10. The molecule has 17 unspecified atom stereocenters. The maximum Gasteiger partial charge on any atom is 0.220 e. The molecule has 0 aromatic heterocycles. The van der Waals surface area contributed by atoms with E-state index in [-0.39, 0.29) is 18.9 Å². The van der Waals surface area contributed by atoms with Crippen molar-refractivity contribution < 1.29 is 89.4 Å². The van der Waals surface area contributed by atoms with Gasteiger partial charge in [0.25, 0.3) is 0 Å². The fourth-order valence-corrected chi connectivity index (χ4v) is 10.7. The smallest absolute Gasteiger partial charge is 0.220 e. The number of aliphatic hydroxyl groups is 11. The van der Waals surface area contributed by atoms with Crippen molar-refractivity contribution in [2.24, 2.45) is 0 Å². The van der Waals surface area contributed by atoms with Gasteiger partial charge in [-0.05, 0) is 77.0 Å². The summed E-state index contributed by atoms with van der Waals surface area (Å²) in [5.41, 5.74) is 0. The first-order valence-corrected chi connectivity index (χ1v) is 33.5. The third-order valence-electron chi connectivity index (χ3n) is 16.2. The zero-order valence-electron chi connectivity index (χ0n) is 53.2. The Morgan fingerprint density at radius 1 is 0.420 bits per heavy atom. The molecule has 12 N–H and O–H groups in total. The molecule has 19 nitrogen and oxygen atoms in total. The molecule has 0 spiro atoms. The van der Waals surface area contributed by atoms with E-state index < -0.39 is 124 Å². The van der Waals surface area contributed by atoms with E-state index in [9.17, 15) is 61.0 Å². The van der Waals surface area contributed by atoms with Crippen molar-refractivity contribution in [3.8, 4) is 0 Å². The van der Waals surface area contributed by atoms with Crippen molar-refractivity contribution in [3.05, 3.63) is 97.2 Å². The molecule has 0 bridgehead atoms. The van der Waals surface area contributed by atoms with Gasteiger partial charge in [-0.15, -0.1) is 0 Å². The van der Waals surface area contributed by atoms with Crippen LogP contribution >= 0.6 is 0 Å². The number of aliphatic hydroxyl groups excluding tert-OH is 11. The minimum atomic E-state index is -1.97. The normalized spacial score (nSPS) is 29.0. The van der Waals surface area contributed by atoms with Crippen LogP contribution in [0, 0.1) is 0 Å². The lowest BCUT2D eigenvalue weighted by molar-refractivity contribution is -0.379. The van der Waals surface area contributed by atoms with Gasteiger partial charge in [0.1, 0.15) is 73.2 Å². The Balaban J connectivity index is 1.33. The van der Waals surface area contributed by atoms with E-state index in [1.807, 2.05) is 0 Å². The van der Waals surface area contributed by atoms with E-state index in [0.717, 1.165) is 116 Å². The molecule has 3 rings (SSSR count). The van der Waals surface area contributed by atoms with Crippen LogP contribution in [0.15, 0.2) is 97.2 Å². The van der Waals surface area contributed by atoms with Gasteiger partial charge in [0, 0.05) is 6.42 Å². The number of carbonyl (C=O) groups excluding carboxylic acids is 1. The van der Waals surface area contributed by atoms with Crippen LogP contribution in [0.25, 0.3) is 0 Å². The fraction of sp³-hybridized carbons (Fsp3) is 0.754. The molecule has 0 aromatic carbocycles. The van der Waals surface area contributed by atoms with Crippen LogP contribution in [0.5, 0.6) is 0 Å². The lowest BCUT2D eigenvalue weighted by Crippen LogP contribution is -2.66. The molecule has 3 heterocycles. The van der Waals surface area contributed by atoms with E-state index in [1.54, 1.807) is 0 Å². The highest BCUT2D eigenvalue weighted by atomic mass is 16.8. The first-order chi connectivity index (χ1) is 42.8. The molecule has 506 valence electrons. The molecule has 19 heteroatoms. The number of rotatable bonds is 49. The second-order valence-corrected chi connectivity index (χ2v) is 23.6. The van der Waals surface area contributed by atoms with Crippen molar-refractivity contribution in [1.29, 1.82) is 0 Å². The van der Waals surface area contributed by atoms with E-state index in [0.29, 0.717) is 12.8 Å². The highest BCUT2D eigenvalue weighted by Crippen LogP contribution is 2.33. The minimum absolute atomic E-state index is 0.254. The summed E-state index contributed by atoms with van der Waals surface area (Å²) in [6.45, 7) is 1.61. The average molecular weight is 1250 g/mol. The van der Waals surface area contributed by atoms with E-state index in [1.165, 1.54) is 51.4 Å². The molecule has 3 fully saturated rings. The maximum atomic E-state index is 13.3. The molecule has 3 saturated heterocycles. The molecule has 0 saturated carbocycles. The number of allylic oxidation sites excluding steroid dienone is 16. The van der Waals surface area contributed by atoms with Gasteiger partial charge in [-0.3, -0.25) is 4.79 Å². The largest absolute Gasteiger partial charge is 0.394 e.